The molecule has 0 heterocycles. The van der Waals surface area contributed by atoms with Crippen LogP contribution in [0.15, 0.2) is 54.8 Å². The number of carboxylic acid groups (broad SMARTS) is 1. The summed E-state index contributed by atoms with van der Waals surface area (Å²) in [4.78, 5) is 11.4. The first kappa shape index (κ1) is 16.4. The van der Waals surface area contributed by atoms with Gasteiger partial charge in [0.15, 0.2) is 0 Å². The molecule has 0 aliphatic heterocycles. The van der Waals surface area contributed by atoms with Gasteiger partial charge in [0.2, 0.25) is 0 Å². The summed E-state index contributed by atoms with van der Waals surface area (Å²) < 4.78 is 16.1. The van der Waals surface area contributed by atoms with E-state index in [1.54, 1.807) is 36.4 Å². The standard InChI is InChI=1S/C18H18O5/c1-3-22-13-7-6-8-14(11-13)23-17-10-5-4-9-15(17)16(12-21-2)18(19)20/h4-12H,3H2,1-2H3,(H,19,20)/b16-12-. The Morgan fingerprint density at radius 3 is 2.57 bits per heavy atom. The van der Waals surface area contributed by atoms with E-state index in [9.17, 15) is 9.90 Å². The van der Waals surface area contributed by atoms with Crippen LogP contribution in [0, 0.1) is 0 Å². The van der Waals surface area contributed by atoms with Crippen LogP contribution in [-0.4, -0.2) is 24.8 Å². The number of benzene rings is 2. The molecule has 0 spiro atoms. The summed E-state index contributed by atoms with van der Waals surface area (Å²) in [5.41, 5.74) is 0.452. The Kier molecular flexibility index (Phi) is 5.63. The smallest absolute Gasteiger partial charge is 0.339 e. The maximum Gasteiger partial charge on any atom is 0.339 e. The Bertz CT molecular complexity index is 706. The number of hydrogen-bond donors (Lipinski definition) is 1. The van der Waals surface area contributed by atoms with Gasteiger partial charge < -0.3 is 19.3 Å². The van der Waals surface area contributed by atoms with Gasteiger partial charge >= 0.3 is 5.97 Å². The number of methoxy groups -OCH3 is 1. The molecule has 2 rings (SSSR count). The molecule has 0 aromatic heterocycles. The minimum Gasteiger partial charge on any atom is -0.503 e. The van der Waals surface area contributed by atoms with Crippen molar-refractivity contribution in [1.29, 1.82) is 0 Å². The van der Waals surface area contributed by atoms with E-state index in [4.69, 9.17) is 14.2 Å². The Labute approximate surface area is 134 Å². The van der Waals surface area contributed by atoms with E-state index in [0.717, 1.165) is 0 Å². The van der Waals surface area contributed by atoms with Crippen LogP contribution in [0.5, 0.6) is 17.2 Å². The van der Waals surface area contributed by atoms with Gasteiger partial charge in [0, 0.05) is 11.6 Å². The minimum absolute atomic E-state index is 0.0177. The monoisotopic (exact) mass is 314 g/mol. The van der Waals surface area contributed by atoms with Crippen LogP contribution in [0.2, 0.25) is 0 Å². The number of hydrogen-bond acceptors (Lipinski definition) is 4. The van der Waals surface area contributed by atoms with E-state index in [-0.39, 0.29) is 5.57 Å². The summed E-state index contributed by atoms with van der Waals surface area (Å²) in [5.74, 6) is 0.580. The van der Waals surface area contributed by atoms with Gasteiger partial charge in [-0.2, -0.15) is 0 Å². The number of ether oxygens (including phenoxy) is 3. The number of aliphatic carboxylic acids is 1. The predicted octanol–water partition coefficient (Wildman–Crippen LogP) is 3.95. The third-order valence-corrected chi connectivity index (χ3v) is 2.99. The Morgan fingerprint density at radius 1 is 1.13 bits per heavy atom. The third-order valence-electron chi connectivity index (χ3n) is 2.99. The summed E-state index contributed by atoms with van der Waals surface area (Å²) in [5, 5.41) is 9.34. The molecule has 0 atom stereocenters. The molecule has 5 heteroatoms. The van der Waals surface area contributed by atoms with Crippen molar-refractivity contribution in [3.8, 4) is 17.2 Å². The molecule has 0 saturated carbocycles. The summed E-state index contributed by atoms with van der Waals surface area (Å²) in [7, 11) is 1.40. The van der Waals surface area contributed by atoms with Crippen LogP contribution in [0.4, 0.5) is 0 Å². The lowest BCUT2D eigenvalue weighted by Gasteiger charge is -2.12. The van der Waals surface area contributed by atoms with E-state index in [0.29, 0.717) is 29.4 Å². The van der Waals surface area contributed by atoms with Gasteiger partial charge in [-0.1, -0.05) is 24.3 Å². The molecule has 1 N–H and O–H groups in total. The molecule has 0 unspecified atom stereocenters. The van der Waals surface area contributed by atoms with Crippen LogP contribution in [-0.2, 0) is 9.53 Å². The summed E-state index contributed by atoms with van der Waals surface area (Å²) >= 11 is 0. The highest BCUT2D eigenvalue weighted by Gasteiger charge is 2.16. The Morgan fingerprint density at radius 2 is 1.87 bits per heavy atom. The van der Waals surface area contributed by atoms with E-state index < -0.39 is 5.97 Å². The van der Waals surface area contributed by atoms with E-state index in [2.05, 4.69) is 0 Å². The zero-order valence-electron chi connectivity index (χ0n) is 13.0. The first-order valence-electron chi connectivity index (χ1n) is 7.12. The largest absolute Gasteiger partial charge is 0.503 e. The molecule has 23 heavy (non-hydrogen) atoms. The zero-order chi connectivity index (χ0) is 16.7. The van der Waals surface area contributed by atoms with Crippen molar-refractivity contribution in [2.45, 2.75) is 6.92 Å². The molecular weight excluding hydrogens is 296 g/mol. The fourth-order valence-electron chi connectivity index (χ4n) is 2.05. The van der Waals surface area contributed by atoms with Crippen molar-refractivity contribution in [2.24, 2.45) is 0 Å². The topological polar surface area (TPSA) is 65.0 Å². The zero-order valence-corrected chi connectivity index (χ0v) is 13.0. The van der Waals surface area contributed by atoms with Crippen molar-refractivity contribution in [2.75, 3.05) is 13.7 Å². The first-order valence-corrected chi connectivity index (χ1v) is 7.12. The Balaban J connectivity index is 2.36. The average molecular weight is 314 g/mol. The number of carboxylic acids is 1. The maximum absolute atomic E-state index is 11.4. The second kappa shape index (κ2) is 7.89. The second-order valence-corrected chi connectivity index (χ2v) is 4.58. The van der Waals surface area contributed by atoms with Gasteiger partial charge in [-0.25, -0.2) is 4.79 Å². The van der Waals surface area contributed by atoms with Crippen LogP contribution >= 0.6 is 0 Å². The highest BCUT2D eigenvalue weighted by molar-refractivity contribution is 6.15. The highest BCUT2D eigenvalue weighted by atomic mass is 16.5. The molecule has 0 amide bonds. The number of carbonyl (C=O) groups is 1. The maximum atomic E-state index is 11.4. The number of para-hydroxylation sites is 1. The van der Waals surface area contributed by atoms with Gasteiger partial charge in [0.1, 0.15) is 22.8 Å². The molecular formula is C18H18O5. The summed E-state index contributed by atoms with van der Waals surface area (Å²) in [6.45, 7) is 2.46. The fraction of sp³-hybridized carbons (Fsp3) is 0.167. The molecule has 5 nitrogen and oxygen atoms in total. The molecule has 0 bridgehead atoms. The lowest BCUT2D eigenvalue weighted by molar-refractivity contribution is -0.130. The van der Waals surface area contributed by atoms with Crippen LogP contribution in [0.1, 0.15) is 12.5 Å². The fourth-order valence-corrected chi connectivity index (χ4v) is 2.05. The summed E-state index contributed by atoms with van der Waals surface area (Å²) in [6, 6.07) is 14.1. The first-order chi connectivity index (χ1) is 11.2. The minimum atomic E-state index is -1.09. The summed E-state index contributed by atoms with van der Waals surface area (Å²) in [6.07, 6.45) is 1.18. The van der Waals surface area contributed by atoms with Crippen molar-refractivity contribution in [3.63, 3.8) is 0 Å². The molecule has 0 aliphatic rings. The quantitative estimate of drug-likeness (QED) is 0.619. The molecule has 0 aliphatic carbocycles. The lowest BCUT2D eigenvalue weighted by atomic mass is 10.1. The van der Waals surface area contributed by atoms with Crippen molar-refractivity contribution in [3.05, 3.63) is 60.4 Å². The molecule has 0 radical (unpaired) electrons. The molecule has 120 valence electrons. The average Bonchev–Trinajstić information content (AvgIpc) is 2.54. The predicted molar refractivity (Wildman–Crippen MR) is 86.7 cm³/mol. The van der Waals surface area contributed by atoms with Crippen molar-refractivity contribution in [1.82, 2.24) is 0 Å². The lowest BCUT2D eigenvalue weighted by Crippen LogP contribution is -2.02. The molecule has 0 saturated heterocycles. The normalized spacial score (nSPS) is 11.0. The van der Waals surface area contributed by atoms with Crippen molar-refractivity contribution < 1.29 is 24.1 Å². The van der Waals surface area contributed by atoms with Gasteiger partial charge in [0.05, 0.1) is 20.0 Å². The van der Waals surface area contributed by atoms with Crippen molar-refractivity contribution >= 4 is 11.5 Å². The number of rotatable bonds is 7. The van der Waals surface area contributed by atoms with Gasteiger partial charge in [-0.15, -0.1) is 0 Å². The second-order valence-electron chi connectivity index (χ2n) is 4.58. The van der Waals surface area contributed by atoms with Crippen LogP contribution in [0.25, 0.3) is 5.57 Å². The third kappa shape index (κ3) is 4.26. The highest BCUT2D eigenvalue weighted by Crippen LogP contribution is 2.31. The molecule has 2 aromatic carbocycles. The van der Waals surface area contributed by atoms with Gasteiger partial charge in [-0.3, -0.25) is 0 Å². The van der Waals surface area contributed by atoms with Crippen LogP contribution < -0.4 is 9.47 Å². The Hall–Kier alpha value is -2.95. The van der Waals surface area contributed by atoms with E-state index in [1.165, 1.54) is 13.4 Å². The van der Waals surface area contributed by atoms with E-state index in [1.807, 2.05) is 19.1 Å². The van der Waals surface area contributed by atoms with Gasteiger partial charge in [-0.05, 0) is 25.1 Å². The SMILES string of the molecule is CCOc1cccc(Oc2ccccc2/C(=C/OC)C(=O)O)c1. The molecule has 0 fully saturated rings. The van der Waals surface area contributed by atoms with Gasteiger partial charge in [0.25, 0.3) is 0 Å². The molecule has 2 aromatic rings. The van der Waals surface area contributed by atoms with Crippen LogP contribution in [0.3, 0.4) is 0 Å². The van der Waals surface area contributed by atoms with E-state index >= 15 is 0 Å².